The molecular weight excluding hydrogens is 224 g/mol. The molecule has 2 aromatic rings. The van der Waals surface area contributed by atoms with Crippen LogP contribution in [-0.2, 0) is 6.42 Å². The maximum atomic E-state index is 6.24. The smallest absolute Gasteiger partial charge is 0.119 e. The first kappa shape index (κ1) is 12.6. The molecule has 1 atom stereocenters. The number of nitrogens with two attached hydrogens (primary N) is 1. The predicted octanol–water partition coefficient (Wildman–Crippen LogP) is 2.64. The summed E-state index contributed by atoms with van der Waals surface area (Å²) in [5.74, 6) is 0.862. The molecule has 0 amide bonds. The number of methoxy groups -OCH3 is 1. The van der Waals surface area contributed by atoms with Crippen LogP contribution in [0, 0.1) is 6.92 Å². The minimum atomic E-state index is -0.0363. The van der Waals surface area contributed by atoms with Crippen LogP contribution < -0.4 is 10.5 Å². The number of benzene rings is 1. The average molecular weight is 242 g/mol. The summed E-state index contributed by atoms with van der Waals surface area (Å²) in [7, 11) is 1.67. The van der Waals surface area contributed by atoms with Gasteiger partial charge in [-0.2, -0.15) is 0 Å². The highest BCUT2D eigenvalue weighted by Gasteiger charge is 2.11. The third kappa shape index (κ3) is 2.87. The highest BCUT2D eigenvalue weighted by atomic mass is 16.5. The van der Waals surface area contributed by atoms with Crippen molar-refractivity contribution in [3.05, 3.63) is 59.4 Å². The summed E-state index contributed by atoms with van der Waals surface area (Å²) in [6, 6.07) is 11.8. The molecule has 0 bridgehead atoms. The Bertz CT molecular complexity index is 511. The summed E-state index contributed by atoms with van der Waals surface area (Å²) in [5.41, 5.74) is 9.54. The Balaban J connectivity index is 2.16. The normalized spacial score (nSPS) is 12.2. The summed E-state index contributed by atoms with van der Waals surface area (Å²) in [5, 5.41) is 0. The van der Waals surface area contributed by atoms with Gasteiger partial charge < -0.3 is 10.5 Å². The van der Waals surface area contributed by atoms with E-state index in [1.54, 1.807) is 13.3 Å². The molecule has 1 unspecified atom stereocenters. The number of pyridine rings is 1. The zero-order valence-corrected chi connectivity index (χ0v) is 10.8. The van der Waals surface area contributed by atoms with Crippen LogP contribution in [0.5, 0.6) is 5.75 Å². The molecule has 0 spiro atoms. The number of aryl methyl sites for hydroxylation is 1. The SMILES string of the molecule is COc1ccc(C(N)Cc2ccccn2)c(C)c1. The van der Waals surface area contributed by atoms with Gasteiger partial charge in [0.15, 0.2) is 0 Å². The molecule has 1 aromatic heterocycles. The number of hydrogen-bond acceptors (Lipinski definition) is 3. The van der Waals surface area contributed by atoms with E-state index in [0.29, 0.717) is 0 Å². The van der Waals surface area contributed by atoms with Gasteiger partial charge in [0.2, 0.25) is 0 Å². The van der Waals surface area contributed by atoms with Gasteiger partial charge in [0, 0.05) is 24.4 Å². The number of ether oxygens (including phenoxy) is 1. The highest BCUT2D eigenvalue weighted by Crippen LogP contribution is 2.23. The number of aromatic nitrogens is 1. The Morgan fingerprint density at radius 3 is 2.72 bits per heavy atom. The van der Waals surface area contributed by atoms with E-state index in [9.17, 15) is 0 Å². The van der Waals surface area contributed by atoms with Gasteiger partial charge in [-0.05, 0) is 42.3 Å². The third-order valence-corrected chi connectivity index (χ3v) is 3.03. The Hall–Kier alpha value is -1.87. The van der Waals surface area contributed by atoms with Gasteiger partial charge >= 0.3 is 0 Å². The molecule has 0 saturated carbocycles. The van der Waals surface area contributed by atoms with E-state index in [4.69, 9.17) is 10.5 Å². The van der Waals surface area contributed by atoms with Crippen LogP contribution >= 0.6 is 0 Å². The van der Waals surface area contributed by atoms with Crippen molar-refractivity contribution in [3.63, 3.8) is 0 Å². The van der Waals surface area contributed by atoms with Crippen LogP contribution in [0.1, 0.15) is 22.9 Å². The minimum Gasteiger partial charge on any atom is -0.497 e. The molecule has 18 heavy (non-hydrogen) atoms. The fourth-order valence-corrected chi connectivity index (χ4v) is 2.05. The zero-order valence-electron chi connectivity index (χ0n) is 10.8. The van der Waals surface area contributed by atoms with Crippen LogP contribution in [0.3, 0.4) is 0 Å². The second-order valence-corrected chi connectivity index (χ2v) is 4.35. The van der Waals surface area contributed by atoms with Crippen LogP contribution in [0.25, 0.3) is 0 Å². The summed E-state index contributed by atoms with van der Waals surface area (Å²) in [4.78, 5) is 4.30. The predicted molar refractivity (Wildman–Crippen MR) is 72.6 cm³/mol. The Kier molecular flexibility index (Phi) is 3.95. The molecule has 0 fully saturated rings. The van der Waals surface area contributed by atoms with E-state index in [-0.39, 0.29) is 6.04 Å². The van der Waals surface area contributed by atoms with Crippen molar-refractivity contribution >= 4 is 0 Å². The summed E-state index contributed by atoms with van der Waals surface area (Å²) in [6.45, 7) is 2.05. The van der Waals surface area contributed by atoms with E-state index in [0.717, 1.165) is 29.0 Å². The molecule has 3 heteroatoms. The second kappa shape index (κ2) is 5.65. The van der Waals surface area contributed by atoms with E-state index in [1.807, 2.05) is 36.4 Å². The topological polar surface area (TPSA) is 48.1 Å². The van der Waals surface area contributed by atoms with E-state index in [1.165, 1.54) is 0 Å². The quantitative estimate of drug-likeness (QED) is 0.896. The van der Waals surface area contributed by atoms with Crippen molar-refractivity contribution in [3.8, 4) is 5.75 Å². The van der Waals surface area contributed by atoms with Gasteiger partial charge in [-0.1, -0.05) is 12.1 Å². The van der Waals surface area contributed by atoms with Crippen molar-refractivity contribution in [2.24, 2.45) is 5.73 Å². The number of nitrogens with zero attached hydrogens (tertiary/aromatic N) is 1. The van der Waals surface area contributed by atoms with Crippen molar-refractivity contribution in [1.82, 2.24) is 4.98 Å². The van der Waals surface area contributed by atoms with Gasteiger partial charge in [-0.15, -0.1) is 0 Å². The average Bonchev–Trinajstić information content (AvgIpc) is 2.39. The lowest BCUT2D eigenvalue weighted by Gasteiger charge is -2.15. The Morgan fingerprint density at radius 1 is 1.28 bits per heavy atom. The van der Waals surface area contributed by atoms with Crippen molar-refractivity contribution in [2.75, 3.05) is 7.11 Å². The van der Waals surface area contributed by atoms with E-state index in [2.05, 4.69) is 11.9 Å². The Morgan fingerprint density at radius 2 is 2.11 bits per heavy atom. The van der Waals surface area contributed by atoms with Gasteiger partial charge in [-0.3, -0.25) is 4.98 Å². The lowest BCUT2D eigenvalue weighted by molar-refractivity contribution is 0.414. The first-order chi connectivity index (χ1) is 8.70. The largest absolute Gasteiger partial charge is 0.497 e. The first-order valence-electron chi connectivity index (χ1n) is 6.00. The molecule has 3 nitrogen and oxygen atoms in total. The molecule has 2 N–H and O–H groups in total. The lowest BCUT2D eigenvalue weighted by atomic mass is 9.98. The molecule has 0 aliphatic carbocycles. The van der Waals surface area contributed by atoms with Crippen LogP contribution in [0.2, 0.25) is 0 Å². The zero-order chi connectivity index (χ0) is 13.0. The molecule has 0 aliphatic rings. The number of hydrogen-bond donors (Lipinski definition) is 1. The summed E-state index contributed by atoms with van der Waals surface area (Å²) < 4.78 is 5.19. The maximum absolute atomic E-state index is 6.24. The van der Waals surface area contributed by atoms with Crippen LogP contribution in [-0.4, -0.2) is 12.1 Å². The maximum Gasteiger partial charge on any atom is 0.119 e. The molecule has 2 rings (SSSR count). The molecule has 1 heterocycles. The van der Waals surface area contributed by atoms with E-state index < -0.39 is 0 Å². The fraction of sp³-hybridized carbons (Fsp3) is 0.267. The van der Waals surface area contributed by atoms with Gasteiger partial charge in [0.05, 0.1) is 7.11 Å². The molecule has 0 saturated heterocycles. The first-order valence-corrected chi connectivity index (χ1v) is 6.00. The lowest BCUT2D eigenvalue weighted by Crippen LogP contribution is -2.15. The standard InChI is InChI=1S/C15H18N2O/c1-11-9-13(18-2)6-7-14(11)15(16)10-12-5-3-4-8-17-12/h3-9,15H,10,16H2,1-2H3. The van der Waals surface area contributed by atoms with Crippen molar-refractivity contribution in [2.45, 2.75) is 19.4 Å². The molecule has 94 valence electrons. The van der Waals surface area contributed by atoms with Gasteiger partial charge in [-0.25, -0.2) is 0 Å². The highest BCUT2D eigenvalue weighted by molar-refractivity contribution is 5.37. The molecule has 1 aromatic carbocycles. The van der Waals surface area contributed by atoms with Crippen molar-refractivity contribution in [1.29, 1.82) is 0 Å². The summed E-state index contributed by atoms with van der Waals surface area (Å²) in [6.07, 6.45) is 2.54. The monoisotopic (exact) mass is 242 g/mol. The second-order valence-electron chi connectivity index (χ2n) is 4.35. The fourth-order valence-electron chi connectivity index (χ4n) is 2.05. The van der Waals surface area contributed by atoms with Crippen LogP contribution in [0.15, 0.2) is 42.6 Å². The molecule has 0 aliphatic heterocycles. The van der Waals surface area contributed by atoms with Gasteiger partial charge in [0.1, 0.15) is 5.75 Å². The third-order valence-electron chi connectivity index (χ3n) is 3.03. The molecule has 0 radical (unpaired) electrons. The summed E-state index contributed by atoms with van der Waals surface area (Å²) >= 11 is 0. The minimum absolute atomic E-state index is 0.0363. The van der Waals surface area contributed by atoms with Gasteiger partial charge in [0.25, 0.3) is 0 Å². The van der Waals surface area contributed by atoms with Crippen LogP contribution in [0.4, 0.5) is 0 Å². The Labute approximate surface area is 108 Å². The van der Waals surface area contributed by atoms with Crippen molar-refractivity contribution < 1.29 is 4.74 Å². The number of rotatable bonds is 4. The molecular formula is C15H18N2O. The van der Waals surface area contributed by atoms with E-state index >= 15 is 0 Å².